The average Bonchev–Trinajstić information content (AvgIpc) is 2.90. The van der Waals surface area contributed by atoms with Gasteiger partial charge in [0.1, 0.15) is 0 Å². The van der Waals surface area contributed by atoms with Gasteiger partial charge in [0.05, 0.1) is 4.90 Å². The van der Waals surface area contributed by atoms with Gasteiger partial charge in [-0.05, 0) is 34.5 Å². The summed E-state index contributed by atoms with van der Waals surface area (Å²) in [5.41, 5.74) is 0.489. The smallest absolute Gasteiger partial charge is 0.304 e. The van der Waals surface area contributed by atoms with Crippen molar-refractivity contribution in [3.8, 4) is 0 Å². The summed E-state index contributed by atoms with van der Waals surface area (Å²) in [7, 11) is -3.98. The molecule has 0 aromatic heterocycles. The molecule has 5 nitrogen and oxygen atoms in total. The van der Waals surface area contributed by atoms with Gasteiger partial charge in [-0.25, -0.2) is 13.6 Å². The first-order valence-electron chi connectivity index (χ1n) is 7.08. The van der Waals surface area contributed by atoms with Crippen molar-refractivity contribution < 1.29 is 26.4 Å². The molecule has 0 saturated heterocycles. The van der Waals surface area contributed by atoms with Crippen molar-refractivity contribution in [2.45, 2.75) is 17.0 Å². The molecule has 3 rings (SSSR count). The van der Waals surface area contributed by atoms with E-state index in [1.165, 1.54) is 30.3 Å². The molecule has 1 aliphatic heterocycles. The predicted molar refractivity (Wildman–Crippen MR) is 87.2 cm³/mol. The lowest BCUT2D eigenvalue weighted by atomic mass is 9.96. The highest BCUT2D eigenvalue weighted by molar-refractivity contribution is 7.89. The van der Waals surface area contributed by atoms with E-state index in [1.807, 2.05) is 0 Å². The molecule has 134 valence electrons. The Balaban J connectivity index is 2.26. The SMILES string of the molecule is NS(=O)(=O)c1ccc2ccc3c(c2c1)C(CCl)CN3C(=O)C(F)(F)F. The number of rotatable bonds is 2. The molecule has 0 spiro atoms. The number of nitrogens with zero attached hydrogens (tertiary/aromatic N) is 1. The first kappa shape index (κ1) is 18.0. The lowest BCUT2D eigenvalue weighted by molar-refractivity contribution is -0.170. The third kappa shape index (κ3) is 3.07. The number of carbonyl (C=O) groups is 1. The van der Waals surface area contributed by atoms with Crippen LogP contribution < -0.4 is 10.0 Å². The summed E-state index contributed by atoms with van der Waals surface area (Å²) >= 11 is 5.89. The summed E-state index contributed by atoms with van der Waals surface area (Å²) in [6.45, 7) is -0.226. The maximum absolute atomic E-state index is 12.8. The van der Waals surface area contributed by atoms with E-state index < -0.39 is 28.0 Å². The van der Waals surface area contributed by atoms with E-state index >= 15 is 0 Å². The van der Waals surface area contributed by atoms with Crippen LogP contribution in [0.25, 0.3) is 10.8 Å². The maximum Gasteiger partial charge on any atom is 0.471 e. The lowest BCUT2D eigenvalue weighted by Gasteiger charge is -2.19. The summed E-state index contributed by atoms with van der Waals surface area (Å²) in [6, 6.07) is 7.05. The van der Waals surface area contributed by atoms with Crippen LogP contribution in [0.5, 0.6) is 0 Å². The van der Waals surface area contributed by atoms with Gasteiger partial charge in [0.15, 0.2) is 0 Å². The average molecular weight is 393 g/mol. The van der Waals surface area contributed by atoms with Crippen LogP contribution in [0.15, 0.2) is 35.2 Å². The number of alkyl halides is 4. The number of hydrogen-bond donors (Lipinski definition) is 1. The highest BCUT2D eigenvalue weighted by atomic mass is 35.5. The van der Waals surface area contributed by atoms with Crippen LogP contribution in [0.4, 0.5) is 18.9 Å². The number of amides is 1. The molecule has 0 fully saturated rings. The first-order chi connectivity index (χ1) is 11.5. The molecule has 1 heterocycles. The monoisotopic (exact) mass is 392 g/mol. The van der Waals surface area contributed by atoms with Crippen molar-refractivity contribution in [2.75, 3.05) is 17.3 Å². The van der Waals surface area contributed by atoms with Crippen molar-refractivity contribution in [3.05, 3.63) is 35.9 Å². The fraction of sp³-hybridized carbons (Fsp3) is 0.267. The molecular weight excluding hydrogens is 381 g/mol. The number of anilines is 1. The van der Waals surface area contributed by atoms with E-state index in [-0.39, 0.29) is 23.0 Å². The van der Waals surface area contributed by atoms with Crippen molar-refractivity contribution in [1.82, 2.24) is 0 Å². The van der Waals surface area contributed by atoms with E-state index in [0.29, 0.717) is 21.2 Å². The molecule has 0 bridgehead atoms. The molecule has 2 aromatic carbocycles. The topological polar surface area (TPSA) is 80.5 Å². The van der Waals surface area contributed by atoms with E-state index in [9.17, 15) is 26.4 Å². The van der Waals surface area contributed by atoms with Gasteiger partial charge in [0, 0.05) is 24.0 Å². The number of halogens is 4. The van der Waals surface area contributed by atoms with Gasteiger partial charge in [-0.1, -0.05) is 12.1 Å². The minimum Gasteiger partial charge on any atom is -0.304 e. The second-order valence-corrected chi connectivity index (χ2v) is 7.56. The minimum absolute atomic E-state index is 0.0205. The van der Waals surface area contributed by atoms with Crippen LogP contribution in [-0.2, 0) is 14.8 Å². The van der Waals surface area contributed by atoms with E-state index in [1.54, 1.807) is 0 Å². The standard InChI is InChI=1S/C15H12ClF3N2O3S/c16-6-9-7-21(14(22)15(17,18)19)12-4-2-8-1-3-10(25(20,23)24)5-11(8)13(9)12/h1-5,9H,6-7H2,(H2,20,23,24). The Morgan fingerprint density at radius 1 is 1.28 bits per heavy atom. The Morgan fingerprint density at radius 2 is 1.92 bits per heavy atom. The van der Waals surface area contributed by atoms with Gasteiger partial charge in [0.25, 0.3) is 0 Å². The van der Waals surface area contributed by atoms with Crippen LogP contribution in [0.3, 0.4) is 0 Å². The van der Waals surface area contributed by atoms with Gasteiger partial charge in [-0.15, -0.1) is 11.6 Å². The fourth-order valence-electron chi connectivity index (χ4n) is 3.03. The number of benzene rings is 2. The van der Waals surface area contributed by atoms with Crippen LogP contribution in [0.1, 0.15) is 11.5 Å². The van der Waals surface area contributed by atoms with Gasteiger partial charge >= 0.3 is 12.1 Å². The third-order valence-electron chi connectivity index (χ3n) is 4.12. The summed E-state index contributed by atoms with van der Waals surface area (Å²) in [5, 5.41) is 6.15. The third-order valence-corrected chi connectivity index (χ3v) is 5.40. The molecule has 0 aliphatic carbocycles. The Bertz CT molecular complexity index is 976. The summed E-state index contributed by atoms with van der Waals surface area (Å²) in [4.78, 5) is 12.2. The largest absolute Gasteiger partial charge is 0.471 e. The molecule has 0 radical (unpaired) electrons. The fourth-order valence-corrected chi connectivity index (χ4v) is 3.82. The Hall–Kier alpha value is -1.84. The van der Waals surface area contributed by atoms with Crippen molar-refractivity contribution in [3.63, 3.8) is 0 Å². The molecule has 2 N–H and O–H groups in total. The number of carbonyl (C=O) groups excluding carboxylic acids is 1. The summed E-state index contributed by atoms with van der Waals surface area (Å²) in [5.74, 6) is -2.56. The highest BCUT2D eigenvalue weighted by Crippen LogP contribution is 2.43. The van der Waals surface area contributed by atoms with Crippen molar-refractivity contribution >= 4 is 44.0 Å². The Morgan fingerprint density at radius 3 is 2.48 bits per heavy atom. The van der Waals surface area contributed by atoms with Gasteiger partial charge < -0.3 is 4.90 Å². The van der Waals surface area contributed by atoms with Crippen molar-refractivity contribution in [2.24, 2.45) is 5.14 Å². The normalized spacial score (nSPS) is 17.8. The molecule has 1 atom stereocenters. The Kier molecular flexibility index (Phi) is 4.21. The van der Waals surface area contributed by atoms with Crippen LogP contribution in [0.2, 0.25) is 0 Å². The first-order valence-corrected chi connectivity index (χ1v) is 9.16. The molecule has 0 saturated carbocycles. The van der Waals surface area contributed by atoms with Crippen molar-refractivity contribution in [1.29, 1.82) is 0 Å². The number of nitrogens with two attached hydrogens (primary N) is 1. The molecule has 25 heavy (non-hydrogen) atoms. The predicted octanol–water partition coefficient (Wildman–Crippen LogP) is 2.72. The van der Waals surface area contributed by atoms with E-state index in [0.717, 1.165) is 0 Å². The van der Waals surface area contributed by atoms with Gasteiger partial charge in [-0.2, -0.15) is 13.2 Å². The molecule has 1 unspecified atom stereocenters. The summed E-state index contributed by atoms with van der Waals surface area (Å²) < 4.78 is 61.7. The molecule has 1 amide bonds. The van der Waals surface area contributed by atoms with Gasteiger partial charge in [0.2, 0.25) is 10.0 Å². The zero-order chi connectivity index (χ0) is 18.6. The second-order valence-electron chi connectivity index (χ2n) is 5.69. The minimum atomic E-state index is -5.02. The zero-order valence-corrected chi connectivity index (χ0v) is 14.1. The zero-order valence-electron chi connectivity index (χ0n) is 12.5. The van der Waals surface area contributed by atoms with E-state index in [4.69, 9.17) is 16.7 Å². The second kappa shape index (κ2) is 5.86. The number of primary sulfonamides is 1. The Labute approximate surface area is 146 Å². The lowest BCUT2D eigenvalue weighted by Crippen LogP contribution is -2.40. The van der Waals surface area contributed by atoms with Crippen LogP contribution >= 0.6 is 11.6 Å². The van der Waals surface area contributed by atoms with Gasteiger partial charge in [-0.3, -0.25) is 4.79 Å². The molecular formula is C15H12ClF3N2O3S. The number of sulfonamides is 1. The molecule has 2 aromatic rings. The van der Waals surface area contributed by atoms with Crippen LogP contribution in [0, 0.1) is 0 Å². The summed E-state index contributed by atoms with van der Waals surface area (Å²) in [6.07, 6.45) is -5.02. The highest BCUT2D eigenvalue weighted by Gasteiger charge is 2.46. The maximum atomic E-state index is 12.8. The quantitative estimate of drug-likeness (QED) is 0.798. The molecule has 10 heteroatoms. The number of fused-ring (bicyclic) bond motifs is 3. The number of hydrogen-bond acceptors (Lipinski definition) is 3. The van der Waals surface area contributed by atoms with E-state index in [2.05, 4.69) is 0 Å². The van der Waals surface area contributed by atoms with Crippen LogP contribution in [-0.4, -0.2) is 32.9 Å². The molecule has 1 aliphatic rings.